The summed E-state index contributed by atoms with van der Waals surface area (Å²) in [7, 11) is 3.24. The molecule has 1 saturated heterocycles. The van der Waals surface area contributed by atoms with E-state index in [0.29, 0.717) is 13.1 Å². The fraction of sp³-hybridized carbons (Fsp3) is 0.588. The molecule has 1 amide bonds. The number of nitrogens with one attached hydrogen (secondary N) is 2. The minimum Gasteiger partial charge on any atom is -0.493 e. The van der Waals surface area contributed by atoms with Gasteiger partial charge in [-0.15, -0.1) is 0 Å². The summed E-state index contributed by atoms with van der Waals surface area (Å²) < 4.78 is 16.0. The molecule has 1 aliphatic heterocycles. The maximum Gasteiger partial charge on any atom is 0.234 e. The zero-order valence-electron chi connectivity index (χ0n) is 13.9. The van der Waals surface area contributed by atoms with E-state index in [4.69, 9.17) is 14.2 Å². The Kier molecular flexibility index (Phi) is 7.16. The van der Waals surface area contributed by atoms with Crippen molar-refractivity contribution < 1.29 is 19.0 Å². The standard InChI is InChI=1S/C17H26N2O4/c1-21-15-6-5-13(10-16(15)22-2)7-8-18-12-17(20)19-11-14-4-3-9-23-14/h5-6,10,14,18H,3-4,7-9,11-12H2,1-2H3,(H,19,20). The predicted molar refractivity (Wildman–Crippen MR) is 88.1 cm³/mol. The van der Waals surface area contributed by atoms with Crippen LogP contribution in [0.5, 0.6) is 11.5 Å². The topological polar surface area (TPSA) is 68.8 Å². The van der Waals surface area contributed by atoms with E-state index in [1.165, 1.54) is 0 Å². The summed E-state index contributed by atoms with van der Waals surface area (Å²) in [6.45, 7) is 2.46. The number of amides is 1. The predicted octanol–water partition coefficient (Wildman–Crippen LogP) is 1.13. The first-order chi connectivity index (χ1) is 11.2. The van der Waals surface area contributed by atoms with Crippen molar-refractivity contribution in [2.45, 2.75) is 25.4 Å². The van der Waals surface area contributed by atoms with Gasteiger partial charge in [0, 0.05) is 13.2 Å². The quantitative estimate of drug-likeness (QED) is 0.667. The maximum absolute atomic E-state index is 11.7. The molecule has 2 rings (SSSR count). The molecule has 0 aliphatic carbocycles. The fourth-order valence-electron chi connectivity index (χ4n) is 2.57. The van der Waals surface area contributed by atoms with Crippen LogP contribution in [0.1, 0.15) is 18.4 Å². The van der Waals surface area contributed by atoms with Crippen molar-refractivity contribution in [3.8, 4) is 11.5 Å². The Hall–Kier alpha value is -1.79. The molecule has 1 aliphatic rings. The molecule has 0 saturated carbocycles. The van der Waals surface area contributed by atoms with E-state index in [9.17, 15) is 4.79 Å². The van der Waals surface area contributed by atoms with Crippen LogP contribution in [0.3, 0.4) is 0 Å². The van der Waals surface area contributed by atoms with Crippen LogP contribution in [-0.4, -0.2) is 52.5 Å². The number of benzene rings is 1. The second-order valence-electron chi connectivity index (χ2n) is 5.56. The Labute approximate surface area is 137 Å². The molecule has 1 heterocycles. The van der Waals surface area contributed by atoms with Gasteiger partial charge in [-0.05, 0) is 43.5 Å². The summed E-state index contributed by atoms with van der Waals surface area (Å²) in [6, 6.07) is 5.85. The zero-order chi connectivity index (χ0) is 16.5. The second-order valence-corrected chi connectivity index (χ2v) is 5.56. The number of methoxy groups -OCH3 is 2. The normalized spacial score (nSPS) is 17.0. The van der Waals surface area contributed by atoms with Crippen molar-refractivity contribution in [3.63, 3.8) is 0 Å². The molecular formula is C17H26N2O4. The average Bonchev–Trinajstić information content (AvgIpc) is 3.10. The van der Waals surface area contributed by atoms with Crippen LogP contribution in [-0.2, 0) is 16.0 Å². The Morgan fingerprint density at radius 1 is 1.30 bits per heavy atom. The van der Waals surface area contributed by atoms with E-state index in [2.05, 4.69) is 10.6 Å². The highest BCUT2D eigenvalue weighted by Crippen LogP contribution is 2.27. The first kappa shape index (κ1) is 17.6. The SMILES string of the molecule is COc1ccc(CCNCC(=O)NCC2CCCO2)cc1OC. The van der Waals surface area contributed by atoms with Crippen molar-refractivity contribution in [1.82, 2.24) is 10.6 Å². The summed E-state index contributed by atoms with van der Waals surface area (Å²) >= 11 is 0. The summed E-state index contributed by atoms with van der Waals surface area (Å²) in [5.41, 5.74) is 1.13. The van der Waals surface area contributed by atoms with Gasteiger partial charge < -0.3 is 24.8 Å². The molecule has 1 fully saturated rings. The smallest absolute Gasteiger partial charge is 0.234 e. The number of carbonyl (C=O) groups excluding carboxylic acids is 1. The van der Waals surface area contributed by atoms with Gasteiger partial charge in [0.15, 0.2) is 11.5 Å². The van der Waals surface area contributed by atoms with Gasteiger partial charge >= 0.3 is 0 Å². The summed E-state index contributed by atoms with van der Waals surface area (Å²) in [5.74, 6) is 1.45. The molecule has 1 unspecified atom stereocenters. The van der Waals surface area contributed by atoms with E-state index >= 15 is 0 Å². The first-order valence-electron chi connectivity index (χ1n) is 8.03. The molecule has 128 valence electrons. The van der Waals surface area contributed by atoms with Crippen LogP contribution < -0.4 is 20.1 Å². The lowest BCUT2D eigenvalue weighted by atomic mass is 10.1. The number of hydrogen-bond donors (Lipinski definition) is 2. The van der Waals surface area contributed by atoms with Crippen LogP contribution >= 0.6 is 0 Å². The molecule has 0 bridgehead atoms. The van der Waals surface area contributed by atoms with Gasteiger partial charge in [-0.3, -0.25) is 4.79 Å². The lowest BCUT2D eigenvalue weighted by Crippen LogP contribution is -2.38. The molecule has 0 aromatic heterocycles. The Bertz CT molecular complexity index is 501. The van der Waals surface area contributed by atoms with Gasteiger partial charge in [0.2, 0.25) is 5.91 Å². The Morgan fingerprint density at radius 3 is 2.83 bits per heavy atom. The van der Waals surface area contributed by atoms with Crippen LogP contribution in [0, 0.1) is 0 Å². The monoisotopic (exact) mass is 322 g/mol. The molecule has 2 N–H and O–H groups in total. The zero-order valence-corrected chi connectivity index (χ0v) is 13.9. The molecule has 1 atom stereocenters. The minimum atomic E-state index is 0.00723. The van der Waals surface area contributed by atoms with E-state index in [-0.39, 0.29) is 12.0 Å². The molecule has 0 radical (unpaired) electrons. The van der Waals surface area contributed by atoms with Gasteiger partial charge in [0.05, 0.1) is 26.9 Å². The van der Waals surface area contributed by atoms with Gasteiger partial charge in [0.25, 0.3) is 0 Å². The second kappa shape index (κ2) is 9.37. The minimum absolute atomic E-state index is 0.00723. The fourth-order valence-corrected chi connectivity index (χ4v) is 2.57. The lowest BCUT2D eigenvalue weighted by Gasteiger charge is -2.12. The van der Waals surface area contributed by atoms with Crippen molar-refractivity contribution in [2.24, 2.45) is 0 Å². The molecule has 0 spiro atoms. The van der Waals surface area contributed by atoms with Crippen LogP contribution in [0.25, 0.3) is 0 Å². The molecule has 6 heteroatoms. The largest absolute Gasteiger partial charge is 0.493 e. The van der Waals surface area contributed by atoms with Crippen LogP contribution in [0.15, 0.2) is 18.2 Å². The lowest BCUT2D eigenvalue weighted by molar-refractivity contribution is -0.120. The van der Waals surface area contributed by atoms with E-state index in [0.717, 1.165) is 49.5 Å². The van der Waals surface area contributed by atoms with Crippen molar-refractivity contribution in [1.29, 1.82) is 0 Å². The van der Waals surface area contributed by atoms with Gasteiger partial charge in [0.1, 0.15) is 0 Å². The summed E-state index contributed by atoms with van der Waals surface area (Å²) in [5, 5.41) is 6.04. The molecule has 6 nitrogen and oxygen atoms in total. The summed E-state index contributed by atoms with van der Waals surface area (Å²) in [6.07, 6.45) is 3.13. The van der Waals surface area contributed by atoms with Crippen molar-refractivity contribution in [2.75, 3.05) is 40.5 Å². The Morgan fingerprint density at radius 2 is 2.13 bits per heavy atom. The molecule has 1 aromatic rings. The summed E-state index contributed by atoms with van der Waals surface area (Å²) in [4.78, 5) is 11.7. The molecule has 23 heavy (non-hydrogen) atoms. The third-order valence-corrected chi connectivity index (χ3v) is 3.87. The average molecular weight is 322 g/mol. The maximum atomic E-state index is 11.7. The van der Waals surface area contributed by atoms with Crippen molar-refractivity contribution >= 4 is 5.91 Å². The van der Waals surface area contributed by atoms with E-state index < -0.39 is 0 Å². The highest BCUT2D eigenvalue weighted by molar-refractivity contribution is 5.77. The van der Waals surface area contributed by atoms with Crippen molar-refractivity contribution in [3.05, 3.63) is 23.8 Å². The van der Waals surface area contributed by atoms with E-state index in [1.54, 1.807) is 14.2 Å². The highest BCUT2D eigenvalue weighted by atomic mass is 16.5. The number of hydrogen-bond acceptors (Lipinski definition) is 5. The van der Waals surface area contributed by atoms with E-state index in [1.807, 2.05) is 18.2 Å². The molecule has 1 aromatic carbocycles. The highest BCUT2D eigenvalue weighted by Gasteiger charge is 2.15. The van der Waals surface area contributed by atoms with Crippen LogP contribution in [0.4, 0.5) is 0 Å². The number of rotatable bonds is 9. The van der Waals surface area contributed by atoms with Crippen LogP contribution in [0.2, 0.25) is 0 Å². The first-order valence-corrected chi connectivity index (χ1v) is 8.03. The Balaban J connectivity index is 1.63. The third kappa shape index (κ3) is 5.73. The number of carbonyl (C=O) groups is 1. The molecular weight excluding hydrogens is 296 g/mol. The third-order valence-electron chi connectivity index (χ3n) is 3.87. The van der Waals surface area contributed by atoms with Gasteiger partial charge in [-0.25, -0.2) is 0 Å². The van der Waals surface area contributed by atoms with Gasteiger partial charge in [-0.1, -0.05) is 6.07 Å². The van der Waals surface area contributed by atoms with Gasteiger partial charge in [-0.2, -0.15) is 0 Å². The number of ether oxygens (including phenoxy) is 3.